The molecule has 140 valence electrons. The largest absolute Gasteiger partial charge is 0.486 e. The van der Waals surface area contributed by atoms with Crippen molar-refractivity contribution in [1.29, 1.82) is 0 Å². The number of benzene rings is 1. The highest BCUT2D eigenvalue weighted by Gasteiger charge is 2.17. The molecule has 0 bridgehead atoms. The average Bonchev–Trinajstić information content (AvgIpc) is 2.59. The Balaban J connectivity index is 1.82. The third kappa shape index (κ3) is 6.88. The third-order valence-corrected chi connectivity index (χ3v) is 3.85. The van der Waals surface area contributed by atoms with Crippen molar-refractivity contribution in [2.75, 3.05) is 46.4 Å². The molecule has 1 fully saturated rings. The summed E-state index contributed by atoms with van der Waals surface area (Å²) in [5.41, 5.74) is 0. The first kappa shape index (κ1) is 19.5. The summed E-state index contributed by atoms with van der Waals surface area (Å²) >= 11 is 0. The van der Waals surface area contributed by atoms with Crippen molar-refractivity contribution in [3.8, 4) is 5.75 Å². The molecule has 7 heteroatoms. The highest BCUT2D eigenvalue weighted by molar-refractivity contribution is 5.79. The molecule has 2 N–H and O–H groups in total. The molecule has 1 aromatic carbocycles. The van der Waals surface area contributed by atoms with Gasteiger partial charge in [0, 0.05) is 26.2 Å². The van der Waals surface area contributed by atoms with Gasteiger partial charge in [-0.3, -0.25) is 0 Å². The fraction of sp³-hybridized carbons (Fsp3) is 0.611. The predicted octanol–water partition coefficient (Wildman–Crippen LogP) is 1.48. The lowest BCUT2D eigenvalue weighted by atomic mass is 10.3. The molecule has 1 saturated heterocycles. The van der Waals surface area contributed by atoms with E-state index >= 15 is 0 Å². The van der Waals surface area contributed by atoms with Crippen LogP contribution >= 0.6 is 0 Å². The SMILES string of the molecule is CCNC(=NCC(C)Oc1ccccc1F)NCC1CN(C)CCO1. The van der Waals surface area contributed by atoms with Gasteiger partial charge in [0.2, 0.25) is 0 Å². The summed E-state index contributed by atoms with van der Waals surface area (Å²) < 4.78 is 25.0. The molecule has 0 saturated carbocycles. The first-order chi connectivity index (χ1) is 12.1. The van der Waals surface area contributed by atoms with Crippen LogP contribution in [0.2, 0.25) is 0 Å². The van der Waals surface area contributed by atoms with Gasteiger partial charge in [-0.15, -0.1) is 0 Å². The number of para-hydroxylation sites is 1. The van der Waals surface area contributed by atoms with E-state index in [0.717, 1.165) is 26.2 Å². The average molecular weight is 352 g/mol. The Morgan fingerprint density at radius 2 is 2.24 bits per heavy atom. The van der Waals surface area contributed by atoms with Crippen molar-refractivity contribution >= 4 is 5.96 Å². The predicted molar refractivity (Wildman–Crippen MR) is 97.7 cm³/mol. The number of hydrogen-bond acceptors (Lipinski definition) is 4. The van der Waals surface area contributed by atoms with Gasteiger partial charge in [-0.05, 0) is 33.0 Å². The molecule has 2 unspecified atom stereocenters. The summed E-state index contributed by atoms with van der Waals surface area (Å²) in [5.74, 6) is 0.604. The molecule has 1 heterocycles. The number of hydrogen-bond donors (Lipinski definition) is 2. The van der Waals surface area contributed by atoms with Crippen LogP contribution in [0.15, 0.2) is 29.3 Å². The first-order valence-corrected chi connectivity index (χ1v) is 8.82. The summed E-state index contributed by atoms with van der Waals surface area (Å²) in [6, 6.07) is 6.40. The van der Waals surface area contributed by atoms with Gasteiger partial charge >= 0.3 is 0 Å². The maximum Gasteiger partial charge on any atom is 0.191 e. The molecule has 2 atom stereocenters. The number of ether oxygens (including phenoxy) is 2. The highest BCUT2D eigenvalue weighted by Crippen LogP contribution is 2.16. The number of aliphatic imine (C=N–C) groups is 1. The van der Waals surface area contributed by atoms with Crippen LogP contribution < -0.4 is 15.4 Å². The van der Waals surface area contributed by atoms with E-state index in [-0.39, 0.29) is 23.8 Å². The number of nitrogens with zero attached hydrogens (tertiary/aromatic N) is 2. The number of nitrogens with one attached hydrogen (secondary N) is 2. The van der Waals surface area contributed by atoms with Crippen molar-refractivity contribution in [3.05, 3.63) is 30.1 Å². The van der Waals surface area contributed by atoms with E-state index in [0.29, 0.717) is 19.0 Å². The van der Waals surface area contributed by atoms with Crippen LogP contribution in [0.5, 0.6) is 5.75 Å². The molecule has 25 heavy (non-hydrogen) atoms. The van der Waals surface area contributed by atoms with Crippen LogP contribution in [0.3, 0.4) is 0 Å². The van der Waals surface area contributed by atoms with Gasteiger partial charge in [0.25, 0.3) is 0 Å². The van der Waals surface area contributed by atoms with Gasteiger partial charge < -0.3 is 25.0 Å². The maximum absolute atomic E-state index is 13.6. The number of morpholine rings is 1. The summed E-state index contributed by atoms with van der Waals surface area (Å²) in [6.07, 6.45) is -0.0842. The van der Waals surface area contributed by atoms with Gasteiger partial charge in [0.15, 0.2) is 17.5 Å². The Bertz CT molecular complexity index is 556. The lowest BCUT2D eigenvalue weighted by Crippen LogP contribution is -2.48. The molecule has 0 aliphatic carbocycles. The molecule has 0 spiro atoms. The van der Waals surface area contributed by atoms with Crippen molar-refractivity contribution in [3.63, 3.8) is 0 Å². The minimum absolute atomic E-state index is 0.148. The molecule has 0 amide bonds. The van der Waals surface area contributed by atoms with E-state index in [1.165, 1.54) is 6.07 Å². The molecule has 2 rings (SSSR count). The second kappa shape index (κ2) is 10.2. The Hall–Kier alpha value is -1.86. The fourth-order valence-corrected chi connectivity index (χ4v) is 2.56. The van der Waals surface area contributed by atoms with Gasteiger partial charge in [0.05, 0.1) is 19.3 Å². The van der Waals surface area contributed by atoms with E-state index in [1.54, 1.807) is 18.2 Å². The first-order valence-electron chi connectivity index (χ1n) is 8.82. The van der Waals surface area contributed by atoms with Crippen molar-refractivity contribution in [1.82, 2.24) is 15.5 Å². The van der Waals surface area contributed by atoms with E-state index in [4.69, 9.17) is 9.47 Å². The highest BCUT2D eigenvalue weighted by atomic mass is 19.1. The Labute approximate surface area is 149 Å². The fourth-order valence-electron chi connectivity index (χ4n) is 2.56. The Morgan fingerprint density at radius 1 is 1.44 bits per heavy atom. The lowest BCUT2D eigenvalue weighted by molar-refractivity contribution is -0.0161. The van der Waals surface area contributed by atoms with E-state index < -0.39 is 0 Å². The van der Waals surface area contributed by atoms with Crippen molar-refractivity contribution in [2.45, 2.75) is 26.1 Å². The Morgan fingerprint density at radius 3 is 2.96 bits per heavy atom. The summed E-state index contributed by atoms with van der Waals surface area (Å²) in [7, 11) is 2.09. The van der Waals surface area contributed by atoms with E-state index in [2.05, 4.69) is 27.6 Å². The summed E-state index contributed by atoms with van der Waals surface area (Å²) in [4.78, 5) is 6.77. The lowest BCUT2D eigenvalue weighted by Gasteiger charge is -2.30. The van der Waals surface area contributed by atoms with Crippen LogP contribution in [0, 0.1) is 5.82 Å². The summed E-state index contributed by atoms with van der Waals surface area (Å²) in [5, 5.41) is 6.50. The molecular formula is C18H29FN4O2. The van der Waals surface area contributed by atoms with Crippen LogP contribution in [-0.2, 0) is 4.74 Å². The molecular weight excluding hydrogens is 323 g/mol. The third-order valence-electron chi connectivity index (χ3n) is 3.85. The molecule has 1 aliphatic heterocycles. The van der Waals surface area contributed by atoms with Crippen LogP contribution in [0.25, 0.3) is 0 Å². The molecule has 6 nitrogen and oxygen atoms in total. The summed E-state index contributed by atoms with van der Waals surface area (Å²) in [6.45, 7) is 8.40. The van der Waals surface area contributed by atoms with Gasteiger partial charge in [-0.25, -0.2) is 9.38 Å². The zero-order valence-corrected chi connectivity index (χ0v) is 15.3. The van der Waals surface area contributed by atoms with Crippen LogP contribution in [-0.4, -0.2) is 69.4 Å². The number of likely N-dealkylation sites (N-methyl/N-ethyl adjacent to an activating group) is 1. The van der Waals surface area contributed by atoms with Gasteiger partial charge in [-0.2, -0.15) is 0 Å². The minimum Gasteiger partial charge on any atom is -0.486 e. The topological polar surface area (TPSA) is 58.1 Å². The van der Waals surface area contributed by atoms with Crippen LogP contribution in [0.1, 0.15) is 13.8 Å². The number of guanidine groups is 1. The quantitative estimate of drug-likeness (QED) is 0.575. The Kier molecular flexibility index (Phi) is 7.94. The smallest absolute Gasteiger partial charge is 0.191 e. The second-order valence-corrected chi connectivity index (χ2v) is 6.21. The second-order valence-electron chi connectivity index (χ2n) is 6.21. The zero-order valence-electron chi connectivity index (χ0n) is 15.3. The van der Waals surface area contributed by atoms with E-state index in [9.17, 15) is 4.39 Å². The minimum atomic E-state index is -0.359. The van der Waals surface area contributed by atoms with Gasteiger partial charge in [0.1, 0.15) is 6.10 Å². The number of halogens is 1. The molecule has 1 aliphatic rings. The number of rotatable bonds is 7. The monoisotopic (exact) mass is 352 g/mol. The van der Waals surface area contributed by atoms with Crippen molar-refractivity contribution < 1.29 is 13.9 Å². The van der Waals surface area contributed by atoms with Crippen LogP contribution in [0.4, 0.5) is 4.39 Å². The van der Waals surface area contributed by atoms with E-state index in [1.807, 2.05) is 13.8 Å². The standard InChI is InChI=1S/C18H29FN4O2/c1-4-20-18(22-12-15-13-23(3)9-10-24-15)21-11-14(2)25-17-8-6-5-7-16(17)19/h5-8,14-15H,4,9-13H2,1-3H3,(H2,20,21,22). The van der Waals surface area contributed by atoms with Gasteiger partial charge in [-0.1, -0.05) is 12.1 Å². The molecule has 0 radical (unpaired) electrons. The normalized spacial score (nSPS) is 20.2. The molecule has 1 aromatic rings. The maximum atomic E-state index is 13.6. The van der Waals surface area contributed by atoms with Crippen molar-refractivity contribution in [2.24, 2.45) is 4.99 Å². The zero-order chi connectivity index (χ0) is 18.1. The molecule has 0 aromatic heterocycles.